The van der Waals surface area contributed by atoms with Crippen molar-refractivity contribution in [2.45, 2.75) is 12.5 Å². The van der Waals surface area contributed by atoms with Crippen molar-refractivity contribution in [2.24, 2.45) is 0 Å². The number of hydrogen-bond acceptors (Lipinski definition) is 5. The van der Waals surface area contributed by atoms with Gasteiger partial charge in [-0.15, -0.1) is 11.8 Å². The molecule has 0 saturated heterocycles. The molecule has 1 atom stereocenters. The summed E-state index contributed by atoms with van der Waals surface area (Å²) in [6.45, 7) is 0.495. The van der Waals surface area contributed by atoms with E-state index in [0.29, 0.717) is 12.4 Å². The van der Waals surface area contributed by atoms with E-state index in [0.717, 1.165) is 0 Å². The Morgan fingerprint density at radius 3 is 2.47 bits per heavy atom. The monoisotopic (exact) mass is 265 g/mol. The van der Waals surface area contributed by atoms with E-state index in [1.807, 2.05) is 0 Å². The van der Waals surface area contributed by atoms with Gasteiger partial charge in [-0.1, -0.05) is 0 Å². The van der Waals surface area contributed by atoms with Crippen LogP contribution >= 0.6 is 11.8 Å². The van der Waals surface area contributed by atoms with Gasteiger partial charge in [-0.25, -0.2) is 4.79 Å². The highest BCUT2D eigenvalue weighted by atomic mass is 32.2. The molecule has 8 heteroatoms. The molecule has 0 heterocycles. The summed E-state index contributed by atoms with van der Waals surface area (Å²) in [4.78, 5) is 32.3. The number of nitrogens with one attached hydrogen (secondary N) is 1. The Kier molecular flexibility index (Phi) is 8.16. The Bertz CT molecular complexity index is 283. The molecule has 0 fully saturated rings. The molecular weight excluding hydrogens is 250 g/mol. The van der Waals surface area contributed by atoms with Crippen molar-refractivity contribution in [1.29, 1.82) is 0 Å². The Labute approximate surface area is 103 Å². The number of hydrogen-bond donors (Lipinski definition) is 3. The van der Waals surface area contributed by atoms with Crippen molar-refractivity contribution in [1.82, 2.24) is 5.32 Å². The summed E-state index contributed by atoms with van der Waals surface area (Å²) < 4.78 is 4.77. The lowest BCUT2D eigenvalue weighted by molar-refractivity contribution is -0.147. The topological polar surface area (TPSA) is 113 Å². The van der Waals surface area contributed by atoms with Gasteiger partial charge in [0.1, 0.15) is 6.04 Å². The molecule has 0 aliphatic rings. The average Bonchev–Trinajstić information content (AvgIpc) is 2.22. The third-order valence-corrected chi connectivity index (χ3v) is 2.60. The third-order valence-electron chi connectivity index (χ3n) is 1.68. The van der Waals surface area contributed by atoms with Crippen molar-refractivity contribution >= 4 is 29.6 Å². The maximum absolute atomic E-state index is 11.3. The van der Waals surface area contributed by atoms with Crippen LogP contribution in [0, 0.1) is 0 Å². The van der Waals surface area contributed by atoms with E-state index in [4.69, 9.17) is 14.9 Å². The van der Waals surface area contributed by atoms with Crippen molar-refractivity contribution in [3.63, 3.8) is 0 Å². The number of aliphatic carboxylic acids is 2. The van der Waals surface area contributed by atoms with Gasteiger partial charge in [-0.2, -0.15) is 0 Å². The van der Waals surface area contributed by atoms with E-state index in [2.05, 4.69) is 5.32 Å². The van der Waals surface area contributed by atoms with Crippen LogP contribution in [0.2, 0.25) is 0 Å². The zero-order chi connectivity index (χ0) is 13.3. The Morgan fingerprint density at radius 2 is 2.00 bits per heavy atom. The normalized spacial score (nSPS) is 11.8. The van der Waals surface area contributed by atoms with E-state index in [1.54, 1.807) is 0 Å². The quantitative estimate of drug-likeness (QED) is 0.477. The fourth-order valence-electron chi connectivity index (χ4n) is 0.918. The summed E-state index contributed by atoms with van der Waals surface area (Å²) in [6, 6.07) is -1.39. The summed E-state index contributed by atoms with van der Waals surface area (Å²) in [5.74, 6) is -2.44. The van der Waals surface area contributed by atoms with Crippen LogP contribution in [0.1, 0.15) is 6.42 Å². The van der Waals surface area contributed by atoms with E-state index >= 15 is 0 Å². The maximum Gasteiger partial charge on any atom is 0.326 e. The number of carbonyl (C=O) groups is 3. The fourth-order valence-corrected chi connectivity index (χ4v) is 1.62. The first-order chi connectivity index (χ1) is 7.97. The minimum absolute atomic E-state index is 0.0761. The molecule has 17 heavy (non-hydrogen) atoms. The van der Waals surface area contributed by atoms with Crippen LogP contribution in [0.4, 0.5) is 0 Å². The first kappa shape index (κ1) is 15.7. The molecule has 1 unspecified atom stereocenters. The van der Waals surface area contributed by atoms with Crippen LogP contribution < -0.4 is 5.32 Å². The van der Waals surface area contributed by atoms with Crippen LogP contribution in [0.3, 0.4) is 0 Å². The number of ether oxygens (including phenoxy) is 1. The fraction of sp³-hybridized carbons (Fsp3) is 0.667. The molecule has 0 rings (SSSR count). The molecule has 7 nitrogen and oxygen atoms in total. The van der Waals surface area contributed by atoms with Crippen LogP contribution in [0.15, 0.2) is 0 Å². The second-order valence-corrected chi connectivity index (χ2v) is 4.21. The van der Waals surface area contributed by atoms with E-state index < -0.39 is 30.3 Å². The molecule has 0 radical (unpaired) electrons. The number of amides is 1. The molecule has 0 spiro atoms. The summed E-state index contributed by atoms with van der Waals surface area (Å²) in [7, 11) is 1.54. The summed E-state index contributed by atoms with van der Waals surface area (Å²) in [6.07, 6.45) is -0.635. The Balaban J connectivity index is 3.96. The molecule has 0 aromatic carbocycles. The average molecular weight is 265 g/mol. The minimum atomic E-state index is -1.39. The molecule has 0 aliphatic carbocycles. The lowest BCUT2D eigenvalue weighted by atomic mass is 10.2. The highest BCUT2D eigenvalue weighted by molar-refractivity contribution is 7.99. The van der Waals surface area contributed by atoms with Crippen molar-refractivity contribution in [2.75, 3.05) is 25.2 Å². The van der Waals surface area contributed by atoms with Gasteiger partial charge >= 0.3 is 11.9 Å². The van der Waals surface area contributed by atoms with E-state index in [-0.39, 0.29) is 5.75 Å². The highest BCUT2D eigenvalue weighted by Crippen LogP contribution is 2.00. The molecule has 0 saturated carbocycles. The van der Waals surface area contributed by atoms with Crippen LogP contribution in [0.5, 0.6) is 0 Å². The smallest absolute Gasteiger partial charge is 0.326 e. The molecular formula is C9H15NO6S. The van der Waals surface area contributed by atoms with Gasteiger partial charge in [-0.3, -0.25) is 9.59 Å². The largest absolute Gasteiger partial charge is 0.481 e. The van der Waals surface area contributed by atoms with Gasteiger partial charge in [0.25, 0.3) is 0 Å². The molecule has 1 amide bonds. The predicted octanol–water partition coefficient (Wildman–Crippen LogP) is -0.590. The zero-order valence-corrected chi connectivity index (χ0v) is 10.2. The number of carbonyl (C=O) groups excluding carboxylic acids is 1. The first-order valence-corrected chi connectivity index (χ1v) is 5.93. The van der Waals surface area contributed by atoms with Crippen molar-refractivity contribution < 1.29 is 29.3 Å². The number of thioether (sulfide) groups is 1. The van der Waals surface area contributed by atoms with Gasteiger partial charge in [0.15, 0.2) is 0 Å². The second-order valence-electron chi connectivity index (χ2n) is 3.10. The third kappa shape index (κ3) is 8.52. The molecule has 3 N–H and O–H groups in total. The van der Waals surface area contributed by atoms with Crippen molar-refractivity contribution in [3.8, 4) is 0 Å². The molecule has 0 aliphatic heterocycles. The predicted molar refractivity (Wildman–Crippen MR) is 61.0 cm³/mol. The van der Waals surface area contributed by atoms with Gasteiger partial charge in [-0.05, 0) is 0 Å². The van der Waals surface area contributed by atoms with Gasteiger partial charge < -0.3 is 20.3 Å². The Hall–Kier alpha value is -1.28. The highest BCUT2D eigenvalue weighted by Gasteiger charge is 2.22. The summed E-state index contributed by atoms with van der Waals surface area (Å²) >= 11 is 1.28. The van der Waals surface area contributed by atoms with Crippen molar-refractivity contribution in [3.05, 3.63) is 0 Å². The number of carboxylic acids is 2. The van der Waals surface area contributed by atoms with Gasteiger partial charge in [0.2, 0.25) is 5.91 Å². The number of methoxy groups -OCH3 is 1. The lowest BCUT2D eigenvalue weighted by Gasteiger charge is -2.11. The molecule has 98 valence electrons. The summed E-state index contributed by atoms with van der Waals surface area (Å²) in [5, 5.41) is 19.3. The zero-order valence-electron chi connectivity index (χ0n) is 9.34. The van der Waals surface area contributed by atoms with Crippen LogP contribution in [-0.4, -0.2) is 59.3 Å². The van der Waals surface area contributed by atoms with E-state index in [9.17, 15) is 14.4 Å². The van der Waals surface area contributed by atoms with Gasteiger partial charge in [0, 0.05) is 12.9 Å². The van der Waals surface area contributed by atoms with Gasteiger partial charge in [0.05, 0.1) is 18.8 Å². The molecule has 0 bridgehead atoms. The second kappa shape index (κ2) is 8.82. The molecule has 0 aromatic heterocycles. The standard InChI is InChI=1S/C9H15NO6S/c1-16-2-3-17-5-7(11)10-6(9(14)15)4-8(12)13/h6H,2-5H2,1H3,(H,10,11)(H,12,13)(H,14,15). The summed E-state index contributed by atoms with van der Waals surface area (Å²) in [5.41, 5.74) is 0. The Morgan fingerprint density at radius 1 is 1.35 bits per heavy atom. The number of rotatable bonds is 9. The maximum atomic E-state index is 11.3. The lowest BCUT2D eigenvalue weighted by Crippen LogP contribution is -2.43. The molecule has 0 aromatic rings. The first-order valence-electron chi connectivity index (χ1n) is 4.78. The van der Waals surface area contributed by atoms with Crippen LogP contribution in [-0.2, 0) is 19.1 Å². The number of carboxylic acid groups (broad SMARTS) is 2. The van der Waals surface area contributed by atoms with Crippen LogP contribution in [0.25, 0.3) is 0 Å². The minimum Gasteiger partial charge on any atom is -0.481 e. The SMILES string of the molecule is COCCSCC(=O)NC(CC(=O)O)C(=O)O. The van der Waals surface area contributed by atoms with E-state index in [1.165, 1.54) is 18.9 Å².